The number of halogens is 3. The number of rotatable bonds is 3. The Kier molecular flexibility index (Phi) is 4.61. The van der Waals surface area contributed by atoms with E-state index in [9.17, 15) is 4.79 Å². The second-order valence-corrected chi connectivity index (χ2v) is 4.86. The van der Waals surface area contributed by atoms with Gasteiger partial charge < -0.3 is 0 Å². The molecule has 0 radical (unpaired) electrons. The van der Waals surface area contributed by atoms with Crippen molar-refractivity contribution in [3.05, 3.63) is 34.3 Å². The first-order valence-corrected chi connectivity index (χ1v) is 6.46. The highest BCUT2D eigenvalue weighted by Crippen LogP contribution is 2.30. The molecule has 0 aromatic heterocycles. The second-order valence-electron chi connectivity index (χ2n) is 2.95. The minimum absolute atomic E-state index is 0.0922. The van der Waals surface area contributed by atoms with Gasteiger partial charge in [-0.1, -0.05) is 49.5 Å². The standard InChI is InChI=1S/C10H9Br2ClO/c1-6(14)10(12)9-3-2-8(13)4-7(9)5-11/h2-4,10H,5H2,1H3. The van der Waals surface area contributed by atoms with Gasteiger partial charge in [0.25, 0.3) is 0 Å². The summed E-state index contributed by atoms with van der Waals surface area (Å²) in [6, 6.07) is 5.53. The average Bonchev–Trinajstić information content (AvgIpc) is 2.16. The van der Waals surface area contributed by atoms with Gasteiger partial charge in [0, 0.05) is 10.4 Å². The predicted molar refractivity (Wildman–Crippen MR) is 66.4 cm³/mol. The Morgan fingerprint density at radius 3 is 2.71 bits per heavy atom. The summed E-state index contributed by atoms with van der Waals surface area (Å²) in [4.78, 5) is 11.0. The molecule has 0 saturated heterocycles. The highest BCUT2D eigenvalue weighted by atomic mass is 79.9. The third-order valence-corrected chi connectivity index (χ3v) is 3.86. The van der Waals surface area contributed by atoms with Crippen LogP contribution in [0.3, 0.4) is 0 Å². The van der Waals surface area contributed by atoms with E-state index in [1.54, 1.807) is 13.0 Å². The van der Waals surface area contributed by atoms with E-state index in [1.165, 1.54) is 0 Å². The predicted octanol–water partition coefficient (Wildman–Crippen LogP) is 4.26. The van der Waals surface area contributed by atoms with Crippen LogP contribution in [-0.2, 0) is 10.1 Å². The third-order valence-electron chi connectivity index (χ3n) is 1.88. The molecule has 1 rings (SSSR count). The van der Waals surface area contributed by atoms with E-state index in [1.807, 2.05) is 12.1 Å². The SMILES string of the molecule is CC(=O)C(Br)c1ccc(Cl)cc1CBr. The van der Waals surface area contributed by atoms with E-state index >= 15 is 0 Å². The molecule has 0 aliphatic rings. The number of benzene rings is 1. The molecule has 1 aromatic rings. The maximum absolute atomic E-state index is 11.2. The molecule has 1 unspecified atom stereocenters. The quantitative estimate of drug-likeness (QED) is 0.752. The van der Waals surface area contributed by atoms with Crippen molar-refractivity contribution in [2.45, 2.75) is 17.1 Å². The van der Waals surface area contributed by atoms with E-state index < -0.39 is 0 Å². The summed E-state index contributed by atoms with van der Waals surface area (Å²) in [5.41, 5.74) is 2.01. The molecule has 0 bridgehead atoms. The van der Waals surface area contributed by atoms with Gasteiger partial charge in [0.1, 0.15) is 5.78 Å². The molecule has 0 N–H and O–H groups in total. The normalized spacial score (nSPS) is 12.6. The van der Waals surface area contributed by atoms with Crippen molar-refractivity contribution < 1.29 is 4.79 Å². The number of Topliss-reactive ketones (excluding diaryl/α,β-unsaturated/α-hetero) is 1. The third kappa shape index (κ3) is 2.81. The maximum atomic E-state index is 11.2. The molecule has 0 aliphatic heterocycles. The fraction of sp³-hybridized carbons (Fsp3) is 0.300. The van der Waals surface area contributed by atoms with Gasteiger partial charge in [0.05, 0.1) is 4.83 Å². The van der Waals surface area contributed by atoms with Gasteiger partial charge in [-0.2, -0.15) is 0 Å². The monoisotopic (exact) mass is 338 g/mol. The lowest BCUT2D eigenvalue weighted by atomic mass is 10.0. The first-order valence-electron chi connectivity index (χ1n) is 4.05. The molecule has 0 fully saturated rings. The van der Waals surface area contributed by atoms with Crippen LogP contribution in [0.15, 0.2) is 18.2 Å². The number of alkyl halides is 2. The molecule has 1 atom stereocenters. The lowest BCUT2D eigenvalue weighted by Crippen LogP contribution is -2.03. The van der Waals surface area contributed by atoms with E-state index in [4.69, 9.17) is 11.6 Å². The van der Waals surface area contributed by atoms with Crippen molar-refractivity contribution in [1.29, 1.82) is 0 Å². The Bertz CT molecular complexity index is 352. The van der Waals surface area contributed by atoms with Gasteiger partial charge in [-0.25, -0.2) is 0 Å². The molecule has 0 heterocycles. The Hall–Kier alpha value is 0.140. The maximum Gasteiger partial charge on any atom is 0.147 e. The lowest BCUT2D eigenvalue weighted by molar-refractivity contribution is -0.116. The fourth-order valence-electron chi connectivity index (χ4n) is 1.16. The van der Waals surface area contributed by atoms with Crippen molar-refractivity contribution in [1.82, 2.24) is 0 Å². The Morgan fingerprint density at radius 1 is 1.57 bits per heavy atom. The number of carbonyl (C=O) groups excluding carboxylic acids is 1. The van der Waals surface area contributed by atoms with E-state index in [2.05, 4.69) is 31.9 Å². The van der Waals surface area contributed by atoms with E-state index in [0.717, 1.165) is 11.1 Å². The minimum Gasteiger partial charge on any atom is -0.298 e. The minimum atomic E-state index is -0.243. The summed E-state index contributed by atoms with van der Waals surface area (Å²) in [6.45, 7) is 1.56. The van der Waals surface area contributed by atoms with Crippen molar-refractivity contribution >= 4 is 49.2 Å². The molecule has 76 valence electrons. The summed E-state index contributed by atoms with van der Waals surface area (Å²) < 4.78 is 0. The molecule has 0 saturated carbocycles. The number of hydrogen-bond acceptors (Lipinski definition) is 1. The summed E-state index contributed by atoms with van der Waals surface area (Å²) in [7, 11) is 0. The van der Waals surface area contributed by atoms with Crippen LogP contribution in [0.2, 0.25) is 5.02 Å². The number of carbonyl (C=O) groups is 1. The average molecular weight is 340 g/mol. The van der Waals surface area contributed by atoms with Crippen LogP contribution in [0.1, 0.15) is 22.9 Å². The fourth-order valence-corrected chi connectivity index (χ4v) is 2.28. The largest absolute Gasteiger partial charge is 0.298 e. The Labute approximate surface area is 105 Å². The van der Waals surface area contributed by atoms with Crippen LogP contribution >= 0.6 is 43.5 Å². The van der Waals surface area contributed by atoms with Gasteiger partial charge in [0.15, 0.2) is 0 Å². The summed E-state index contributed by atoms with van der Waals surface area (Å²) >= 11 is 12.6. The smallest absolute Gasteiger partial charge is 0.147 e. The van der Waals surface area contributed by atoms with Crippen molar-refractivity contribution in [2.75, 3.05) is 0 Å². The van der Waals surface area contributed by atoms with Crippen molar-refractivity contribution in [3.63, 3.8) is 0 Å². The lowest BCUT2D eigenvalue weighted by Gasteiger charge is -2.11. The highest BCUT2D eigenvalue weighted by molar-refractivity contribution is 9.09. The second kappa shape index (κ2) is 5.29. The van der Waals surface area contributed by atoms with Crippen LogP contribution in [0.4, 0.5) is 0 Å². The van der Waals surface area contributed by atoms with Crippen LogP contribution in [0.5, 0.6) is 0 Å². The summed E-state index contributed by atoms with van der Waals surface area (Å²) in [5.74, 6) is 0.0922. The van der Waals surface area contributed by atoms with Crippen LogP contribution in [-0.4, -0.2) is 5.78 Å². The first kappa shape index (κ1) is 12.2. The van der Waals surface area contributed by atoms with Gasteiger partial charge in [-0.3, -0.25) is 4.79 Å². The number of hydrogen-bond donors (Lipinski definition) is 0. The molecule has 0 aliphatic carbocycles. The molecule has 0 spiro atoms. The molecule has 4 heteroatoms. The van der Waals surface area contributed by atoms with Gasteiger partial charge in [-0.15, -0.1) is 0 Å². The van der Waals surface area contributed by atoms with Crippen LogP contribution < -0.4 is 0 Å². The van der Waals surface area contributed by atoms with E-state index in [0.29, 0.717) is 10.4 Å². The van der Waals surface area contributed by atoms with Gasteiger partial charge in [-0.05, 0) is 30.2 Å². The van der Waals surface area contributed by atoms with Crippen LogP contribution in [0, 0.1) is 0 Å². The molecule has 1 nitrogen and oxygen atoms in total. The molecular weight excluding hydrogens is 331 g/mol. The first-order chi connectivity index (χ1) is 6.56. The van der Waals surface area contributed by atoms with Crippen molar-refractivity contribution in [2.24, 2.45) is 0 Å². The zero-order chi connectivity index (χ0) is 10.7. The van der Waals surface area contributed by atoms with Crippen molar-refractivity contribution in [3.8, 4) is 0 Å². The molecule has 1 aromatic carbocycles. The van der Waals surface area contributed by atoms with Gasteiger partial charge in [0.2, 0.25) is 0 Å². The Morgan fingerprint density at radius 2 is 2.21 bits per heavy atom. The highest BCUT2D eigenvalue weighted by Gasteiger charge is 2.15. The van der Waals surface area contributed by atoms with Gasteiger partial charge >= 0.3 is 0 Å². The molecular formula is C10H9Br2ClO. The summed E-state index contributed by atoms with van der Waals surface area (Å²) in [6.07, 6.45) is 0. The summed E-state index contributed by atoms with van der Waals surface area (Å²) in [5, 5.41) is 1.38. The zero-order valence-corrected chi connectivity index (χ0v) is 11.5. The molecule has 0 amide bonds. The van der Waals surface area contributed by atoms with E-state index in [-0.39, 0.29) is 10.6 Å². The zero-order valence-electron chi connectivity index (χ0n) is 7.56. The number of ketones is 1. The van der Waals surface area contributed by atoms with Crippen LogP contribution in [0.25, 0.3) is 0 Å². The molecule has 14 heavy (non-hydrogen) atoms. The topological polar surface area (TPSA) is 17.1 Å². The Balaban J connectivity index is 3.13.